The Bertz CT molecular complexity index is 1270. The van der Waals surface area contributed by atoms with E-state index in [0.29, 0.717) is 29.0 Å². The van der Waals surface area contributed by atoms with Gasteiger partial charge in [-0.05, 0) is 48.6 Å². The van der Waals surface area contributed by atoms with Gasteiger partial charge in [0.05, 0.1) is 24.6 Å². The highest BCUT2D eigenvalue weighted by atomic mass is 79.9. The van der Waals surface area contributed by atoms with Crippen molar-refractivity contribution < 1.29 is 29.3 Å². The number of amides is 1. The third kappa shape index (κ3) is 6.01. The summed E-state index contributed by atoms with van der Waals surface area (Å²) >= 11 is 0. The summed E-state index contributed by atoms with van der Waals surface area (Å²) in [7, 11) is 1.52. The minimum absolute atomic E-state index is 0. The summed E-state index contributed by atoms with van der Waals surface area (Å²) in [6.07, 6.45) is 0.256. The van der Waals surface area contributed by atoms with Gasteiger partial charge in [-0.15, -0.1) is 17.0 Å². The van der Waals surface area contributed by atoms with Gasteiger partial charge in [0.1, 0.15) is 17.3 Å². The molecule has 0 bridgehead atoms. The van der Waals surface area contributed by atoms with Crippen molar-refractivity contribution in [1.29, 1.82) is 5.41 Å². The number of carboxylic acid groups (broad SMARTS) is 1. The van der Waals surface area contributed by atoms with Crippen molar-refractivity contribution in [2.45, 2.75) is 58.9 Å². The number of hydrogen-bond donors (Lipinski definition) is 4. The Hall–Kier alpha value is -3.40. The fourth-order valence-corrected chi connectivity index (χ4v) is 4.60. The topological polar surface area (TPSA) is 140 Å². The SMILES string of the molecule is Br.CCOc1cc2c(cc1C(=O)NC)C(=N)N(CC(=O)c1cc(C(CC)C(=O)O)c(O)c(C(C)(C)C)c1)C2. The number of Topliss-reactive ketones (excluding diaryl/α,β-unsaturated/α-hetero) is 1. The first-order valence-electron chi connectivity index (χ1n) is 12.3. The molecule has 4 N–H and O–H groups in total. The normalized spacial score (nSPS) is 13.4. The van der Waals surface area contributed by atoms with Crippen LogP contribution in [0.15, 0.2) is 24.3 Å². The van der Waals surface area contributed by atoms with Crippen molar-refractivity contribution in [3.63, 3.8) is 0 Å². The Morgan fingerprint density at radius 3 is 2.34 bits per heavy atom. The van der Waals surface area contributed by atoms with Crippen molar-refractivity contribution >= 4 is 40.5 Å². The van der Waals surface area contributed by atoms with E-state index in [0.717, 1.165) is 5.56 Å². The number of aromatic hydroxyl groups is 1. The summed E-state index contributed by atoms with van der Waals surface area (Å²) in [5.41, 5.74) is 2.09. The van der Waals surface area contributed by atoms with Crippen LogP contribution < -0.4 is 10.1 Å². The molecule has 0 fully saturated rings. The second kappa shape index (κ2) is 12.0. The number of carbonyl (C=O) groups is 3. The van der Waals surface area contributed by atoms with Crippen LogP contribution in [-0.4, -0.2) is 58.8 Å². The molecule has 0 aliphatic carbocycles. The van der Waals surface area contributed by atoms with Gasteiger partial charge >= 0.3 is 5.97 Å². The minimum atomic E-state index is -1.07. The van der Waals surface area contributed by atoms with Gasteiger partial charge in [0, 0.05) is 35.8 Å². The van der Waals surface area contributed by atoms with Crippen molar-refractivity contribution in [2.75, 3.05) is 20.2 Å². The Morgan fingerprint density at radius 1 is 1.16 bits per heavy atom. The molecule has 1 amide bonds. The van der Waals surface area contributed by atoms with Crippen LogP contribution >= 0.6 is 17.0 Å². The minimum Gasteiger partial charge on any atom is -0.507 e. The molecule has 10 heteroatoms. The molecule has 2 aromatic rings. The molecule has 2 aromatic carbocycles. The van der Waals surface area contributed by atoms with E-state index in [1.54, 1.807) is 30.0 Å². The Morgan fingerprint density at radius 2 is 1.82 bits per heavy atom. The highest BCUT2D eigenvalue weighted by molar-refractivity contribution is 8.93. The van der Waals surface area contributed by atoms with Gasteiger partial charge in [-0.2, -0.15) is 0 Å². The Kier molecular flexibility index (Phi) is 9.72. The number of carbonyl (C=O) groups excluding carboxylic acids is 2. The molecule has 1 atom stereocenters. The van der Waals surface area contributed by atoms with Gasteiger partial charge < -0.3 is 25.2 Å². The zero-order valence-corrected chi connectivity index (χ0v) is 24.3. The average molecular weight is 591 g/mol. The highest BCUT2D eigenvalue weighted by Crippen LogP contribution is 2.39. The molecule has 0 spiro atoms. The van der Waals surface area contributed by atoms with Gasteiger partial charge in [0.15, 0.2) is 5.78 Å². The molecular formula is C28H36BrN3O6. The number of rotatable bonds is 9. The van der Waals surface area contributed by atoms with Crippen molar-refractivity contribution in [3.8, 4) is 11.5 Å². The molecule has 3 rings (SSSR count). The summed E-state index contributed by atoms with van der Waals surface area (Å²) in [6.45, 7) is 9.73. The fraction of sp³-hybridized carbons (Fsp3) is 0.429. The number of carboxylic acids is 1. The van der Waals surface area contributed by atoms with Crippen LogP contribution in [0.5, 0.6) is 11.5 Å². The van der Waals surface area contributed by atoms with Crippen LogP contribution in [0.1, 0.15) is 89.9 Å². The number of ketones is 1. The quantitative estimate of drug-likeness (QED) is 0.312. The lowest BCUT2D eigenvalue weighted by atomic mass is 9.81. The lowest BCUT2D eigenvalue weighted by Crippen LogP contribution is -2.30. The summed E-state index contributed by atoms with van der Waals surface area (Å²) in [4.78, 5) is 39.3. The zero-order chi connectivity index (χ0) is 27.7. The number of nitrogens with one attached hydrogen (secondary N) is 2. The van der Waals surface area contributed by atoms with E-state index >= 15 is 0 Å². The molecule has 1 aliphatic rings. The van der Waals surface area contributed by atoms with Crippen molar-refractivity contribution in [1.82, 2.24) is 10.2 Å². The van der Waals surface area contributed by atoms with Crippen molar-refractivity contribution in [2.24, 2.45) is 0 Å². The largest absolute Gasteiger partial charge is 0.507 e. The van der Waals surface area contributed by atoms with E-state index in [-0.39, 0.29) is 70.9 Å². The Balaban J connectivity index is 0.00000507. The molecular weight excluding hydrogens is 554 g/mol. The summed E-state index contributed by atoms with van der Waals surface area (Å²) < 4.78 is 5.64. The number of fused-ring (bicyclic) bond motifs is 1. The molecule has 0 saturated heterocycles. The molecule has 9 nitrogen and oxygen atoms in total. The fourth-order valence-electron chi connectivity index (χ4n) is 4.60. The molecule has 0 radical (unpaired) electrons. The van der Waals surface area contributed by atoms with E-state index in [9.17, 15) is 24.6 Å². The summed E-state index contributed by atoms with van der Waals surface area (Å²) in [5, 5.41) is 31.9. The third-order valence-corrected chi connectivity index (χ3v) is 6.60. The first kappa shape index (κ1) is 30.8. The first-order valence-corrected chi connectivity index (χ1v) is 12.3. The van der Waals surface area contributed by atoms with Crippen LogP contribution in [0.4, 0.5) is 0 Å². The number of amidine groups is 1. The lowest BCUT2D eigenvalue weighted by Gasteiger charge is -2.25. The number of phenolic OH excluding ortho intramolecular Hbond substituents is 1. The average Bonchev–Trinajstić information content (AvgIpc) is 3.12. The predicted octanol–water partition coefficient (Wildman–Crippen LogP) is 4.63. The van der Waals surface area contributed by atoms with Crippen molar-refractivity contribution in [3.05, 3.63) is 57.6 Å². The number of hydrogen-bond acceptors (Lipinski definition) is 6. The molecule has 0 aromatic heterocycles. The standard InChI is InChI=1S/C28H35N3O6.BrH/c1-7-17(27(35)36)19-9-15(10-21(24(19)33)28(3,4)5)22(32)14-31-13-16-11-23(37-8-2)20(26(34)30-6)12-18(16)25(31)29;/h9-12,17,29,33H,7-8,13-14H2,1-6H3,(H,30,34)(H,35,36);1H. The number of benzene rings is 2. The summed E-state index contributed by atoms with van der Waals surface area (Å²) in [6, 6.07) is 6.41. The van der Waals surface area contributed by atoms with Gasteiger partial charge in [-0.3, -0.25) is 19.8 Å². The predicted molar refractivity (Wildman–Crippen MR) is 150 cm³/mol. The van der Waals surface area contributed by atoms with E-state index in [2.05, 4.69) is 5.32 Å². The van der Waals surface area contributed by atoms with Gasteiger partial charge in [-0.25, -0.2) is 0 Å². The second-order valence-corrected chi connectivity index (χ2v) is 10.2. The maximum Gasteiger partial charge on any atom is 0.311 e. The van der Waals surface area contributed by atoms with Crippen LogP contribution in [0, 0.1) is 5.41 Å². The van der Waals surface area contributed by atoms with Gasteiger partial charge in [0.2, 0.25) is 0 Å². The van der Waals surface area contributed by atoms with E-state index in [4.69, 9.17) is 10.1 Å². The maximum absolute atomic E-state index is 13.5. The number of aliphatic carboxylic acids is 1. The number of ether oxygens (including phenoxy) is 1. The lowest BCUT2D eigenvalue weighted by molar-refractivity contribution is -0.138. The molecule has 1 aliphatic heterocycles. The first-order chi connectivity index (χ1) is 17.3. The highest BCUT2D eigenvalue weighted by Gasteiger charge is 2.32. The number of nitrogens with zero attached hydrogens (tertiary/aromatic N) is 1. The van der Waals surface area contributed by atoms with E-state index in [1.165, 1.54) is 13.1 Å². The monoisotopic (exact) mass is 589 g/mol. The molecule has 1 unspecified atom stereocenters. The second-order valence-electron chi connectivity index (χ2n) is 10.2. The van der Waals surface area contributed by atoms with Gasteiger partial charge in [0.25, 0.3) is 5.91 Å². The number of phenols is 1. The van der Waals surface area contributed by atoms with E-state index in [1.807, 2.05) is 27.7 Å². The van der Waals surface area contributed by atoms with Crippen LogP contribution in [0.2, 0.25) is 0 Å². The van der Waals surface area contributed by atoms with Crippen LogP contribution in [0.25, 0.3) is 0 Å². The van der Waals surface area contributed by atoms with Crippen LogP contribution in [0.3, 0.4) is 0 Å². The zero-order valence-electron chi connectivity index (χ0n) is 22.6. The smallest absolute Gasteiger partial charge is 0.311 e. The number of halogens is 1. The maximum atomic E-state index is 13.5. The molecule has 1 heterocycles. The van der Waals surface area contributed by atoms with E-state index < -0.39 is 17.3 Å². The Labute approximate surface area is 233 Å². The summed E-state index contributed by atoms with van der Waals surface area (Å²) in [5.74, 6) is -2.24. The molecule has 206 valence electrons. The molecule has 0 saturated carbocycles. The van der Waals surface area contributed by atoms with Crippen LogP contribution in [-0.2, 0) is 16.8 Å². The molecule has 38 heavy (non-hydrogen) atoms. The van der Waals surface area contributed by atoms with Gasteiger partial charge in [-0.1, -0.05) is 27.7 Å². The third-order valence-electron chi connectivity index (χ3n) is 6.60.